The first-order chi connectivity index (χ1) is 10.1. The van der Waals surface area contributed by atoms with Crippen molar-refractivity contribution < 1.29 is 19.1 Å². The number of primary amides is 1. The van der Waals surface area contributed by atoms with E-state index < -0.39 is 11.9 Å². The van der Waals surface area contributed by atoms with Crippen LogP contribution in [-0.2, 0) is 11.2 Å². The molecule has 2 aromatic rings. The third kappa shape index (κ3) is 3.82. The molecule has 5 heteroatoms. The van der Waals surface area contributed by atoms with E-state index in [0.29, 0.717) is 17.1 Å². The Morgan fingerprint density at radius 1 is 1.05 bits per heavy atom. The zero-order valence-electron chi connectivity index (χ0n) is 11.5. The Hall–Kier alpha value is -2.82. The molecule has 2 rings (SSSR count). The van der Waals surface area contributed by atoms with Crippen molar-refractivity contribution in [1.29, 1.82) is 0 Å². The first-order valence-electron chi connectivity index (χ1n) is 6.32. The van der Waals surface area contributed by atoms with Gasteiger partial charge >= 0.3 is 5.97 Å². The van der Waals surface area contributed by atoms with Crippen molar-refractivity contribution in [3.63, 3.8) is 0 Å². The SMILES string of the molecule is COc1ccccc1CC(=O)Oc1ccc(C(N)=O)cc1. The second-order valence-electron chi connectivity index (χ2n) is 4.35. The standard InChI is InChI=1S/C16H15NO4/c1-20-14-5-3-2-4-12(14)10-15(18)21-13-8-6-11(7-9-13)16(17)19/h2-9H,10H2,1H3,(H2,17,19). The maximum absolute atomic E-state index is 11.9. The van der Waals surface area contributed by atoms with Gasteiger partial charge < -0.3 is 15.2 Å². The maximum Gasteiger partial charge on any atom is 0.315 e. The van der Waals surface area contributed by atoms with Gasteiger partial charge in [-0.05, 0) is 30.3 Å². The number of methoxy groups -OCH3 is 1. The van der Waals surface area contributed by atoms with Crippen LogP contribution in [0.4, 0.5) is 0 Å². The molecular weight excluding hydrogens is 270 g/mol. The van der Waals surface area contributed by atoms with Gasteiger partial charge in [-0.25, -0.2) is 0 Å². The molecule has 108 valence electrons. The Morgan fingerprint density at radius 3 is 2.33 bits per heavy atom. The molecule has 0 aliphatic heterocycles. The minimum atomic E-state index is -0.526. The van der Waals surface area contributed by atoms with E-state index in [4.69, 9.17) is 15.2 Å². The molecule has 0 saturated heterocycles. The summed E-state index contributed by atoms with van der Waals surface area (Å²) in [6, 6.07) is 13.3. The van der Waals surface area contributed by atoms with E-state index in [1.165, 1.54) is 24.3 Å². The second-order valence-corrected chi connectivity index (χ2v) is 4.35. The first-order valence-corrected chi connectivity index (χ1v) is 6.32. The molecule has 0 unspecified atom stereocenters. The lowest BCUT2D eigenvalue weighted by Crippen LogP contribution is -2.13. The number of carbonyl (C=O) groups is 2. The Kier molecular flexibility index (Phi) is 4.56. The van der Waals surface area contributed by atoms with Gasteiger partial charge in [-0.3, -0.25) is 9.59 Å². The topological polar surface area (TPSA) is 78.6 Å². The highest BCUT2D eigenvalue weighted by Crippen LogP contribution is 2.19. The van der Waals surface area contributed by atoms with Crippen molar-refractivity contribution in [2.75, 3.05) is 7.11 Å². The predicted octanol–water partition coefficient (Wildman–Crippen LogP) is 1.94. The lowest BCUT2D eigenvalue weighted by molar-refractivity contribution is -0.133. The van der Waals surface area contributed by atoms with Crippen LogP contribution in [0.3, 0.4) is 0 Å². The summed E-state index contributed by atoms with van der Waals surface area (Å²) < 4.78 is 10.4. The number of para-hydroxylation sites is 1. The van der Waals surface area contributed by atoms with E-state index in [9.17, 15) is 9.59 Å². The number of carbonyl (C=O) groups excluding carboxylic acids is 2. The molecule has 0 aliphatic carbocycles. The van der Waals surface area contributed by atoms with Crippen molar-refractivity contribution in [2.24, 2.45) is 5.73 Å². The van der Waals surface area contributed by atoms with Gasteiger partial charge in [-0.2, -0.15) is 0 Å². The molecular formula is C16H15NO4. The Bertz CT molecular complexity index is 650. The minimum absolute atomic E-state index is 0.0988. The van der Waals surface area contributed by atoms with Gasteiger partial charge in [0.25, 0.3) is 0 Å². The molecule has 5 nitrogen and oxygen atoms in total. The lowest BCUT2D eigenvalue weighted by Gasteiger charge is -2.08. The molecule has 0 spiro atoms. The number of ether oxygens (including phenoxy) is 2. The highest BCUT2D eigenvalue weighted by molar-refractivity contribution is 5.92. The van der Waals surface area contributed by atoms with Crippen molar-refractivity contribution >= 4 is 11.9 Å². The normalized spacial score (nSPS) is 9.95. The van der Waals surface area contributed by atoms with Crippen LogP contribution in [0.2, 0.25) is 0 Å². The summed E-state index contributed by atoms with van der Waals surface area (Å²) in [5, 5.41) is 0. The van der Waals surface area contributed by atoms with Crippen LogP contribution in [0.25, 0.3) is 0 Å². The molecule has 0 heterocycles. The van der Waals surface area contributed by atoms with Gasteiger partial charge in [0.2, 0.25) is 5.91 Å². The van der Waals surface area contributed by atoms with Gasteiger partial charge in [0, 0.05) is 11.1 Å². The summed E-state index contributed by atoms with van der Waals surface area (Å²) in [5.41, 5.74) is 6.25. The molecule has 0 bridgehead atoms. The molecule has 0 aromatic heterocycles. The van der Waals surface area contributed by atoms with Crippen molar-refractivity contribution in [3.05, 3.63) is 59.7 Å². The average Bonchev–Trinajstić information content (AvgIpc) is 2.48. The molecule has 21 heavy (non-hydrogen) atoms. The maximum atomic E-state index is 11.9. The summed E-state index contributed by atoms with van der Waals surface area (Å²) in [6.45, 7) is 0. The average molecular weight is 285 g/mol. The van der Waals surface area contributed by atoms with Gasteiger partial charge in [-0.1, -0.05) is 18.2 Å². The molecule has 0 aliphatic rings. The van der Waals surface area contributed by atoms with E-state index in [2.05, 4.69) is 0 Å². The van der Waals surface area contributed by atoms with Gasteiger partial charge in [0.1, 0.15) is 11.5 Å². The third-order valence-corrected chi connectivity index (χ3v) is 2.90. The summed E-state index contributed by atoms with van der Waals surface area (Å²) >= 11 is 0. The zero-order valence-corrected chi connectivity index (χ0v) is 11.5. The van der Waals surface area contributed by atoms with E-state index in [-0.39, 0.29) is 6.42 Å². The van der Waals surface area contributed by atoms with E-state index in [1.54, 1.807) is 19.2 Å². The Balaban J connectivity index is 2.03. The van der Waals surface area contributed by atoms with Crippen LogP contribution >= 0.6 is 0 Å². The molecule has 0 radical (unpaired) electrons. The number of amides is 1. The van der Waals surface area contributed by atoms with Crippen LogP contribution in [0.15, 0.2) is 48.5 Å². The van der Waals surface area contributed by atoms with E-state index in [1.807, 2.05) is 12.1 Å². The first kappa shape index (κ1) is 14.6. The summed E-state index contributed by atoms with van der Waals surface area (Å²) in [5.74, 6) is 0.0617. The predicted molar refractivity (Wildman–Crippen MR) is 77.3 cm³/mol. The highest BCUT2D eigenvalue weighted by atomic mass is 16.5. The fourth-order valence-corrected chi connectivity index (χ4v) is 1.86. The summed E-state index contributed by atoms with van der Waals surface area (Å²) in [4.78, 5) is 22.8. The van der Waals surface area contributed by atoms with Crippen LogP contribution < -0.4 is 15.2 Å². The van der Waals surface area contributed by atoms with E-state index >= 15 is 0 Å². The van der Waals surface area contributed by atoms with Gasteiger partial charge in [-0.15, -0.1) is 0 Å². The number of esters is 1. The zero-order chi connectivity index (χ0) is 15.2. The van der Waals surface area contributed by atoms with Gasteiger partial charge in [0.05, 0.1) is 13.5 Å². The number of benzene rings is 2. The Labute approximate surface area is 122 Å². The fourth-order valence-electron chi connectivity index (χ4n) is 1.86. The summed E-state index contributed by atoms with van der Waals surface area (Å²) in [7, 11) is 1.55. The fraction of sp³-hybridized carbons (Fsp3) is 0.125. The van der Waals surface area contributed by atoms with Crippen LogP contribution in [-0.4, -0.2) is 19.0 Å². The molecule has 1 amide bonds. The van der Waals surface area contributed by atoms with Gasteiger partial charge in [0.15, 0.2) is 0 Å². The number of rotatable bonds is 5. The number of hydrogen-bond acceptors (Lipinski definition) is 4. The lowest BCUT2D eigenvalue weighted by atomic mass is 10.1. The minimum Gasteiger partial charge on any atom is -0.496 e. The smallest absolute Gasteiger partial charge is 0.315 e. The van der Waals surface area contributed by atoms with Crippen LogP contribution in [0.1, 0.15) is 15.9 Å². The summed E-state index contributed by atoms with van der Waals surface area (Å²) in [6.07, 6.45) is 0.0988. The highest BCUT2D eigenvalue weighted by Gasteiger charge is 2.10. The second kappa shape index (κ2) is 6.56. The molecule has 0 fully saturated rings. The van der Waals surface area contributed by atoms with Crippen molar-refractivity contribution in [1.82, 2.24) is 0 Å². The molecule has 0 saturated carbocycles. The monoisotopic (exact) mass is 285 g/mol. The van der Waals surface area contributed by atoms with Crippen LogP contribution in [0, 0.1) is 0 Å². The van der Waals surface area contributed by atoms with Crippen molar-refractivity contribution in [3.8, 4) is 11.5 Å². The number of nitrogens with two attached hydrogens (primary N) is 1. The quantitative estimate of drug-likeness (QED) is 0.672. The molecule has 2 aromatic carbocycles. The molecule has 0 atom stereocenters. The third-order valence-electron chi connectivity index (χ3n) is 2.90. The van der Waals surface area contributed by atoms with Crippen molar-refractivity contribution in [2.45, 2.75) is 6.42 Å². The molecule has 2 N–H and O–H groups in total. The largest absolute Gasteiger partial charge is 0.496 e. The Morgan fingerprint density at radius 2 is 1.71 bits per heavy atom. The van der Waals surface area contributed by atoms with Crippen LogP contribution in [0.5, 0.6) is 11.5 Å². The number of hydrogen-bond donors (Lipinski definition) is 1. The van der Waals surface area contributed by atoms with E-state index in [0.717, 1.165) is 5.56 Å².